The minimum Gasteiger partial charge on any atom is -0.384 e. The second-order valence-electron chi connectivity index (χ2n) is 9.01. The number of anilines is 1. The highest BCUT2D eigenvalue weighted by molar-refractivity contribution is 6.33. The van der Waals surface area contributed by atoms with Crippen LogP contribution < -0.4 is 4.90 Å². The van der Waals surface area contributed by atoms with Gasteiger partial charge in [-0.1, -0.05) is 23.7 Å². The molecule has 2 saturated heterocycles. The van der Waals surface area contributed by atoms with Crippen LogP contribution in [0.15, 0.2) is 42.5 Å². The van der Waals surface area contributed by atoms with Crippen LogP contribution in [0.3, 0.4) is 0 Å². The van der Waals surface area contributed by atoms with Crippen molar-refractivity contribution in [2.45, 2.75) is 19.0 Å². The van der Waals surface area contributed by atoms with E-state index in [1.54, 1.807) is 48.4 Å². The Kier molecular flexibility index (Phi) is 6.79. The summed E-state index contributed by atoms with van der Waals surface area (Å²) in [6, 6.07) is 12.5. The van der Waals surface area contributed by atoms with Gasteiger partial charge in [-0.2, -0.15) is 18.4 Å². The predicted molar refractivity (Wildman–Crippen MR) is 123 cm³/mol. The molecule has 0 saturated carbocycles. The molecule has 2 aromatic rings. The topological polar surface area (TPSA) is 56.6 Å². The number of nitriles is 1. The largest absolute Gasteiger partial charge is 0.417 e. The first kappa shape index (κ1) is 24.4. The summed E-state index contributed by atoms with van der Waals surface area (Å²) in [5.41, 5.74) is -0.570. The molecular formula is C25H25ClF3N3O2. The Hall–Kier alpha value is -2.76. The number of carbonyl (C=O) groups is 1. The maximum Gasteiger partial charge on any atom is 0.417 e. The molecule has 0 aliphatic carbocycles. The van der Waals surface area contributed by atoms with Gasteiger partial charge in [0.25, 0.3) is 5.91 Å². The van der Waals surface area contributed by atoms with Gasteiger partial charge in [-0.3, -0.25) is 4.79 Å². The van der Waals surface area contributed by atoms with Gasteiger partial charge in [0, 0.05) is 44.9 Å². The van der Waals surface area contributed by atoms with Crippen molar-refractivity contribution in [3.05, 3.63) is 64.2 Å². The zero-order valence-electron chi connectivity index (χ0n) is 18.7. The van der Waals surface area contributed by atoms with E-state index in [1.165, 1.54) is 6.07 Å². The van der Waals surface area contributed by atoms with Gasteiger partial charge < -0.3 is 14.5 Å². The van der Waals surface area contributed by atoms with E-state index < -0.39 is 11.7 Å². The number of hydrogen-bond donors (Lipinski definition) is 0. The third-order valence-electron chi connectivity index (χ3n) is 7.13. The van der Waals surface area contributed by atoms with Crippen molar-refractivity contribution in [3.63, 3.8) is 0 Å². The zero-order chi connectivity index (χ0) is 24.5. The smallest absolute Gasteiger partial charge is 0.384 e. The molecule has 2 aromatic carbocycles. The van der Waals surface area contributed by atoms with E-state index in [4.69, 9.17) is 21.6 Å². The van der Waals surface area contributed by atoms with Crippen molar-refractivity contribution >= 4 is 23.2 Å². The molecule has 5 nitrogen and oxygen atoms in total. The third kappa shape index (κ3) is 4.59. The SMILES string of the molecule is COCC1CN(c2ccc(C#N)c(C(F)(F)F)c2)CC12CCN(C(=O)c1ccccc1Cl)CC2. The minimum atomic E-state index is -4.60. The van der Waals surface area contributed by atoms with Crippen molar-refractivity contribution in [2.75, 3.05) is 44.8 Å². The van der Waals surface area contributed by atoms with Crippen LogP contribution in [0.5, 0.6) is 0 Å². The van der Waals surface area contributed by atoms with E-state index in [0.717, 1.165) is 18.9 Å². The predicted octanol–water partition coefficient (Wildman–Crippen LogP) is 5.24. The molecule has 0 aromatic heterocycles. The number of rotatable bonds is 4. The van der Waals surface area contributed by atoms with Gasteiger partial charge in [-0.25, -0.2) is 0 Å². The Morgan fingerprint density at radius 3 is 2.56 bits per heavy atom. The average molecular weight is 492 g/mol. The summed E-state index contributed by atoms with van der Waals surface area (Å²) >= 11 is 6.21. The molecule has 180 valence electrons. The molecule has 0 N–H and O–H groups in total. The molecule has 1 atom stereocenters. The van der Waals surface area contributed by atoms with Crippen LogP contribution in [0.2, 0.25) is 5.02 Å². The van der Waals surface area contributed by atoms with Crippen LogP contribution in [0, 0.1) is 22.7 Å². The van der Waals surface area contributed by atoms with Gasteiger partial charge in [-0.05, 0) is 48.6 Å². The number of likely N-dealkylation sites (tertiary alicyclic amines) is 1. The molecule has 34 heavy (non-hydrogen) atoms. The van der Waals surface area contributed by atoms with E-state index in [-0.39, 0.29) is 22.8 Å². The Bertz CT molecular complexity index is 1110. The van der Waals surface area contributed by atoms with E-state index in [2.05, 4.69) is 0 Å². The van der Waals surface area contributed by atoms with Gasteiger partial charge in [-0.15, -0.1) is 0 Å². The number of methoxy groups -OCH3 is 1. The number of hydrogen-bond acceptors (Lipinski definition) is 4. The standard InChI is InChI=1S/C25H25ClF3N3O2/c1-34-15-18-14-32(19-7-6-17(13-30)21(12-19)25(27,28)29)16-24(18)8-10-31(11-9-24)23(33)20-4-2-3-5-22(20)26/h2-7,12,18H,8-11,14-16H2,1H3. The van der Waals surface area contributed by atoms with Crippen molar-refractivity contribution < 1.29 is 22.7 Å². The third-order valence-corrected chi connectivity index (χ3v) is 7.45. The summed E-state index contributed by atoms with van der Waals surface area (Å²) in [6.07, 6.45) is -3.17. The molecule has 2 fully saturated rings. The van der Waals surface area contributed by atoms with E-state index in [9.17, 15) is 18.0 Å². The van der Waals surface area contributed by atoms with Crippen LogP contribution in [0.1, 0.15) is 34.3 Å². The lowest BCUT2D eigenvalue weighted by molar-refractivity contribution is -0.137. The molecular weight excluding hydrogens is 467 g/mol. The number of nitrogens with zero attached hydrogens (tertiary/aromatic N) is 3. The Morgan fingerprint density at radius 1 is 1.24 bits per heavy atom. The zero-order valence-corrected chi connectivity index (χ0v) is 19.5. The van der Waals surface area contributed by atoms with E-state index in [0.29, 0.717) is 49.1 Å². The summed E-state index contributed by atoms with van der Waals surface area (Å²) in [5, 5.41) is 9.51. The fourth-order valence-corrected chi connectivity index (χ4v) is 5.46. The monoisotopic (exact) mass is 491 g/mol. The number of alkyl halides is 3. The molecule has 0 radical (unpaired) electrons. The molecule has 2 aliphatic heterocycles. The number of amides is 1. The Balaban J connectivity index is 1.54. The normalized spacial score (nSPS) is 19.9. The van der Waals surface area contributed by atoms with Crippen LogP contribution in [0.4, 0.5) is 18.9 Å². The van der Waals surface area contributed by atoms with Crippen LogP contribution in [0.25, 0.3) is 0 Å². The lowest BCUT2D eigenvalue weighted by atomic mass is 9.71. The second kappa shape index (κ2) is 9.47. The van der Waals surface area contributed by atoms with Crippen molar-refractivity contribution in [2.24, 2.45) is 11.3 Å². The molecule has 0 bridgehead atoms. The fourth-order valence-electron chi connectivity index (χ4n) is 5.25. The summed E-state index contributed by atoms with van der Waals surface area (Å²) in [6.45, 7) is 2.68. The minimum absolute atomic E-state index is 0.111. The molecule has 1 spiro atoms. The number of piperidine rings is 1. The number of carbonyl (C=O) groups excluding carboxylic acids is 1. The molecule has 2 heterocycles. The van der Waals surface area contributed by atoms with E-state index >= 15 is 0 Å². The fraction of sp³-hybridized carbons (Fsp3) is 0.440. The quantitative estimate of drug-likeness (QED) is 0.587. The Morgan fingerprint density at radius 2 is 1.94 bits per heavy atom. The molecule has 2 aliphatic rings. The average Bonchev–Trinajstić information content (AvgIpc) is 3.16. The van der Waals surface area contributed by atoms with Crippen molar-refractivity contribution in [1.29, 1.82) is 5.26 Å². The first-order valence-electron chi connectivity index (χ1n) is 11.1. The van der Waals surface area contributed by atoms with Gasteiger partial charge in [0.05, 0.1) is 34.4 Å². The van der Waals surface area contributed by atoms with Gasteiger partial charge in [0.1, 0.15) is 0 Å². The first-order valence-corrected chi connectivity index (χ1v) is 11.5. The lowest BCUT2D eigenvalue weighted by Gasteiger charge is -2.42. The van der Waals surface area contributed by atoms with Crippen LogP contribution in [-0.4, -0.2) is 50.7 Å². The van der Waals surface area contributed by atoms with Crippen molar-refractivity contribution in [1.82, 2.24) is 4.90 Å². The van der Waals surface area contributed by atoms with Gasteiger partial charge >= 0.3 is 6.18 Å². The van der Waals surface area contributed by atoms with Crippen molar-refractivity contribution in [3.8, 4) is 6.07 Å². The number of halogens is 4. The summed E-state index contributed by atoms with van der Waals surface area (Å²) in [4.78, 5) is 16.7. The van der Waals surface area contributed by atoms with Crippen LogP contribution >= 0.6 is 11.6 Å². The van der Waals surface area contributed by atoms with E-state index in [1.807, 2.05) is 4.90 Å². The number of benzene rings is 2. The molecule has 1 unspecified atom stereocenters. The second-order valence-corrected chi connectivity index (χ2v) is 9.41. The maximum atomic E-state index is 13.5. The van der Waals surface area contributed by atoms with Gasteiger partial charge in [0.15, 0.2) is 0 Å². The lowest BCUT2D eigenvalue weighted by Crippen LogP contribution is -2.47. The maximum absolute atomic E-state index is 13.5. The summed E-state index contributed by atoms with van der Waals surface area (Å²) in [7, 11) is 1.62. The summed E-state index contributed by atoms with van der Waals surface area (Å²) < 4.78 is 46.0. The number of ether oxygens (including phenoxy) is 1. The summed E-state index contributed by atoms with van der Waals surface area (Å²) in [5.74, 6) is 0.000510. The van der Waals surface area contributed by atoms with Crippen LogP contribution in [-0.2, 0) is 10.9 Å². The molecule has 1 amide bonds. The highest BCUT2D eigenvalue weighted by Gasteiger charge is 2.49. The molecule has 4 rings (SSSR count). The first-order chi connectivity index (χ1) is 16.2. The highest BCUT2D eigenvalue weighted by atomic mass is 35.5. The molecule has 9 heteroatoms. The Labute approximate surface area is 201 Å². The van der Waals surface area contributed by atoms with Gasteiger partial charge in [0.2, 0.25) is 0 Å². The highest BCUT2D eigenvalue weighted by Crippen LogP contribution is 2.47.